The Morgan fingerprint density at radius 1 is 0.844 bits per heavy atom. The van der Waals surface area contributed by atoms with Gasteiger partial charge in [-0.2, -0.15) is 8.42 Å². The summed E-state index contributed by atoms with van der Waals surface area (Å²) in [6, 6.07) is 0. The molecule has 0 aromatic rings. The molecule has 0 aliphatic rings. The minimum atomic E-state index is -4.00. The highest BCUT2D eigenvalue weighted by Crippen LogP contribution is 2.13. The molecule has 0 amide bonds. The van der Waals surface area contributed by atoms with Gasteiger partial charge in [0.05, 0.1) is 25.1 Å². The molecule has 1 unspecified atom stereocenters. The monoisotopic (exact) mass is 477 g/mol. The molecule has 192 valence electrons. The maximum Gasteiger partial charge on any atom is 0.266 e. The molecule has 1 atom stereocenters. The third-order valence-corrected chi connectivity index (χ3v) is 6.46. The number of unbranched alkanes of at least 4 members (excludes halogenated alkanes) is 14. The smallest absolute Gasteiger partial charge is 0.266 e. The Bertz CT molecular complexity index is 512. The lowest BCUT2D eigenvalue weighted by Gasteiger charge is -2.24. The molecule has 0 saturated heterocycles. The predicted octanol–water partition coefficient (Wildman–Crippen LogP) is 5.61. The van der Waals surface area contributed by atoms with Crippen molar-refractivity contribution in [1.82, 2.24) is 4.90 Å². The molecule has 32 heavy (non-hydrogen) atoms. The Kier molecular flexibility index (Phi) is 22.0. The maximum atomic E-state index is 11.1. The van der Waals surface area contributed by atoms with E-state index in [4.69, 9.17) is 9.29 Å². The zero-order chi connectivity index (χ0) is 23.9. The molecule has 0 saturated carbocycles. The van der Waals surface area contributed by atoms with Gasteiger partial charge in [-0.25, -0.2) is 0 Å². The summed E-state index contributed by atoms with van der Waals surface area (Å²) < 4.78 is 36.4. The van der Waals surface area contributed by atoms with Crippen molar-refractivity contribution < 1.29 is 22.8 Å². The quantitative estimate of drug-likeness (QED) is 0.101. The first kappa shape index (κ1) is 31.5. The molecule has 7 heteroatoms. The number of nitrogens with zero attached hydrogens (tertiary/aromatic N) is 1. The summed E-state index contributed by atoms with van der Waals surface area (Å²) in [5.41, 5.74) is 0. The zero-order valence-corrected chi connectivity index (χ0v) is 21.5. The van der Waals surface area contributed by atoms with Gasteiger partial charge in [0.1, 0.15) is 0 Å². The highest BCUT2D eigenvalue weighted by atomic mass is 32.2. The van der Waals surface area contributed by atoms with Gasteiger partial charge in [-0.3, -0.25) is 9.45 Å². The van der Waals surface area contributed by atoms with Crippen LogP contribution < -0.4 is 0 Å². The summed E-state index contributed by atoms with van der Waals surface area (Å²) in [5.74, 6) is -0.314. The molecule has 0 aromatic carbocycles. The molecule has 0 fully saturated rings. The highest BCUT2D eigenvalue weighted by molar-refractivity contribution is 7.85. The first-order chi connectivity index (χ1) is 15.4. The SMILES string of the molecule is C=CCOCC(O)CN(CCCCCCCCCCCCCCCCC)CCS(=O)(=O)O. The summed E-state index contributed by atoms with van der Waals surface area (Å²) in [7, 11) is -4.00. The Balaban J connectivity index is 3.75. The van der Waals surface area contributed by atoms with Crippen molar-refractivity contribution in [2.45, 2.75) is 109 Å². The van der Waals surface area contributed by atoms with E-state index in [0.29, 0.717) is 19.7 Å². The van der Waals surface area contributed by atoms with E-state index in [9.17, 15) is 13.5 Å². The van der Waals surface area contributed by atoms with Crippen LogP contribution in [0, 0.1) is 0 Å². The summed E-state index contributed by atoms with van der Waals surface area (Å²) in [4.78, 5) is 1.90. The molecule has 6 nitrogen and oxygen atoms in total. The van der Waals surface area contributed by atoms with Gasteiger partial charge in [0.25, 0.3) is 10.1 Å². The normalized spacial score (nSPS) is 13.0. The molecule has 0 aromatic heterocycles. The van der Waals surface area contributed by atoms with Crippen LogP contribution in [0.4, 0.5) is 0 Å². The molecular weight excluding hydrogens is 426 g/mol. The minimum absolute atomic E-state index is 0.188. The average Bonchev–Trinajstić information content (AvgIpc) is 2.74. The van der Waals surface area contributed by atoms with Crippen molar-refractivity contribution in [2.24, 2.45) is 0 Å². The molecular formula is C25H51NO5S. The van der Waals surface area contributed by atoms with Gasteiger partial charge < -0.3 is 9.84 Å². The number of hydrogen-bond donors (Lipinski definition) is 2. The van der Waals surface area contributed by atoms with Crippen LogP contribution in [0.5, 0.6) is 0 Å². The van der Waals surface area contributed by atoms with Gasteiger partial charge >= 0.3 is 0 Å². The second-order valence-corrected chi connectivity index (χ2v) is 10.6. The third kappa shape index (κ3) is 24.2. The van der Waals surface area contributed by atoms with E-state index in [1.165, 1.54) is 83.5 Å². The predicted molar refractivity (Wildman–Crippen MR) is 135 cm³/mol. The van der Waals surface area contributed by atoms with Gasteiger partial charge in [-0.1, -0.05) is 103 Å². The Hall–Kier alpha value is -0.470. The Labute approximate surface area is 198 Å². The van der Waals surface area contributed by atoms with Crippen molar-refractivity contribution in [3.63, 3.8) is 0 Å². The lowest BCUT2D eigenvalue weighted by atomic mass is 10.0. The molecule has 0 rings (SSSR count). The van der Waals surface area contributed by atoms with Crippen LogP contribution in [0.25, 0.3) is 0 Å². The van der Waals surface area contributed by atoms with E-state index < -0.39 is 16.2 Å². The number of ether oxygens (including phenoxy) is 1. The molecule has 0 radical (unpaired) electrons. The lowest BCUT2D eigenvalue weighted by Crippen LogP contribution is -2.38. The number of rotatable bonds is 25. The lowest BCUT2D eigenvalue weighted by molar-refractivity contribution is 0.0270. The van der Waals surface area contributed by atoms with Crippen LogP contribution in [0.3, 0.4) is 0 Å². The molecule has 0 bridgehead atoms. The summed E-state index contributed by atoms with van der Waals surface area (Å²) >= 11 is 0. The van der Waals surface area contributed by atoms with Crippen LogP contribution in [0.2, 0.25) is 0 Å². The fourth-order valence-electron chi connectivity index (χ4n) is 3.88. The van der Waals surface area contributed by atoms with Crippen LogP contribution >= 0.6 is 0 Å². The topological polar surface area (TPSA) is 87.1 Å². The maximum absolute atomic E-state index is 11.1. The van der Waals surface area contributed by atoms with Crippen molar-refractivity contribution >= 4 is 10.1 Å². The van der Waals surface area contributed by atoms with E-state index in [2.05, 4.69) is 13.5 Å². The molecule has 0 aliphatic heterocycles. The fourth-order valence-corrected chi connectivity index (χ4v) is 4.37. The summed E-state index contributed by atoms with van der Waals surface area (Å²) in [6.45, 7) is 7.66. The first-order valence-corrected chi connectivity index (χ1v) is 14.5. The van der Waals surface area contributed by atoms with E-state index in [1.807, 2.05) is 4.90 Å². The number of hydrogen-bond acceptors (Lipinski definition) is 5. The Morgan fingerprint density at radius 2 is 1.31 bits per heavy atom. The van der Waals surface area contributed by atoms with E-state index >= 15 is 0 Å². The van der Waals surface area contributed by atoms with E-state index in [0.717, 1.165) is 12.8 Å². The summed E-state index contributed by atoms with van der Waals surface area (Å²) in [5, 5.41) is 10.1. The minimum Gasteiger partial charge on any atom is -0.389 e. The average molecular weight is 478 g/mol. The third-order valence-electron chi connectivity index (χ3n) is 5.76. The van der Waals surface area contributed by atoms with Crippen molar-refractivity contribution in [2.75, 3.05) is 38.6 Å². The largest absolute Gasteiger partial charge is 0.389 e. The fraction of sp³-hybridized carbons (Fsp3) is 0.920. The molecule has 0 heterocycles. The van der Waals surface area contributed by atoms with Crippen molar-refractivity contribution in [3.05, 3.63) is 12.7 Å². The van der Waals surface area contributed by atoms with Crippen LogP contribution in [0.1, 0.15) is 103 Å². The van der Waals surface area contributed by atoms with Gasteiger partial charge in [-0.15, -0.1) is 6.58 Å². The number of aliphatic hydroxyl groups excluding tert-OH is 1. The standard InChI is InChI=1S/C25H51NO5S/c1-3-5-6-7-8-9-10-11-12-13-14-15-16-17-18-19-26(20-22-32(28,29)30)23-25(27)24-31-21-4-2/h4,25,27H,2-3,5-24H2,1H3,(H,28,29,30). The molecule has 0 spiro atoms. The van der Waals surface area contributed by atoms with Crippen LogP contribution in [0.15, 0.2) is 12.7 Å². The highest BCUT2D eigenvalue weighted by Gasteiger charge is 2.15. The van der Waals surface area contributed by atoms with Crippen LogP contribution in [-0.4, -0.2) is 67.7 Å². The van der Waals surface area contributed by atoms with E-state index in [1.54, 1.807) is 6.08 Å². The van der Waals surface area contributed by atoms with Crippen molar-refractivity contribution in [1.29, 1.82) is 0 Å². The van der Waals surface area contributed by atoms with Gasteiger partial charge in [-0.05, 0) is 13.0 Å². The molecule has 0 aliphatic carbocycles. The van der Waals surface area contributed by atoms with Gasteiger partial charge in [0.15, 0.2) is 0 Å². The van der Waals surface area contributed by atoms with Gasteiger partial charge in [0, 0.05) is 13.1 Å². The first-order valence-electron chi connectivity index (χ1n) is 12.9. The number of aliphatic hydroxyl groups is 1. The summed E-state index contributed by atoms with van der Waals surface area (Å²) in [6.07, 6.45) is 20.5. The second-order valence-electron chi connectivity index (χ2n) is 9.02. The van der Waals surface area contributed by atoms with Crippen molar-refractivity contribution in [3.8, 4) is 0 Å². The molecule has 2 N–H and O–H groups in total. The Morgan fingerprint density at radius 3 is 1.75 bits per heavy atom. The zero-order valence-electron chi connectivity index (χ0n) is 20.7. The second kappa shape index (κ2) is 22.3. The van der Waals surface area contributed by atoms with Crippen LogP contribution in [-0.2, 0) is 14.9 Å². The van der Waals surface area contributed by atoms with Gasteiger partial charge in [0.2, 0.25) is 0 Å². The van der Waals surface area contributed by atoms with E-state index in [-0.39, 0.29) is 18.9 Å².